The first-order valence-corrected chi connectivity index (χ1v) is 5.36. The molecular formula is C11H21NO2. The summed E-state index contributed by atoms with van der Waals surface area (Å²) in [5, 5.41) is 3.21. The summed E-state index contributed by atoms with van der Waals surface area (Å²) in [6.07, 6.45) is 2.05. The first kappa shape index (κ1) is 11.5. The van der Waals surface area contributed by atoms with Crippen LogP contribution in [0.2, 0.25) is 0 Å². The van der Waals surface area contributed by atoms with Crippen molar-refractivity contribution in [2.24, 2.45) is 11.3 Å². The molecule has 1 aliphatic rings. The van der Waals surface area contributed by atoms with Crippen LogP contribution in [0.15, 0.2) is 0 Å². The van der Waals surface area contributed by atoms with E-state index in [9.17, 15) is 4.79 Å². The maximum Gasteiger partial charge on any atom is 0.310 e. The Kier molecular flexibility index (Phi) is 3.93. The van der Waals surface area contributed by atoms with Gasteiger partial charge in [-0.05, 0) is 24.8 Å². The standard InChI is InChI=1S/C11H21NO2/c1-11(2,3)8-14-10(13)9-5-4-6-12-7-9/h9,12H,4-8H2,1-3H3. The molecule has 82 valence electrons. The Labute approximate surface area is 86.2 Å². The second-order valence-electron chi connectivity index (χ2n) is 5.21. The molecule has 1 saturated heterocycles. The number of carbonyl (C=O) groups is 1. The van der Waals surface area contributed by atoms with E-state index in [1.807, 2.05) is 0 Å². The van der Waals surface area contributed by atoms with Gasteiger partial charge in [0.05, 0.1) is 12.5 Å². The SMILES string of the molecule is CC(C)(C)COC(=O)C1CCCNC1. The Hall–Kier alpha value is -0.570. The van der Waals surface area contributed by atoms with Gasteiger partial charge in [-0.25, -0.2) is 0 Å². The Bertz CT molecular complexity index is 190. The molecule has 1 unspecified atom stereocenters. The van der Waals surface area contributed by atoms with Crippen LogP contribution in [0, 0.1) is 11.3 Å². The molecule has 0 spiro atoms. The highest BCUT2D eigenvalue weighted by Gasteiger charge is 2.23. The second-order valence-corrected chi connectivity index (χ2v) is 5.21. The van der Waals surface area contributed by atoms with E-state index in [2.05, 4.69) is 26.1 Å². The van der Waals surface area contributed by atoms with E-state index < -0.39 is 0 Å². The zero-order valence-electron chi connectivity index (χ0n) is 9.43. The third-order valence-electron chi connectivity index (χ3n) is 2.28. The van der Waals surface area contributed by atoms with Crippen molar-refractivity contribution in [3.63, 3.8) is 0 Å². The number of piperidine rings is 1. The summed E-state index contributed by atoms with van der Waals surface area (Å²) < 4.78 is 5.27. The predicted octanol–water partition coefficient (Wildman–Crippen LogP) is 1.58. The van der Waals surface area contributed by atoms with Crippen LogP contribution in [0.5, 0.6) is 0 Å². The van der Waals surface area contributed by atoms with Gasteiger partial charge in [0.15, 0.2) is 0 Å². The molecule has 14 heavy (non-hydrogen) atoms. The van der Waals surface area contributed by atoms with Crippen molar-refractivity contribution in [1.82, 2.24) is 5.32 Å². The van der Waals surface area contributed by atoms with Gasteiger partial charge >= 0.3 is 5.97 Å². The number of ether oxygens (including phenoxy) is 1. The van der Waals surface area contributed by atoms with Crippen LogP contribution < -0.4 is 5.32 Å². The molecule has 0 aliphatic carbocycles. The lowest BCUT2D eigenvalue weighted by atomic mass is 9.97. The number of esters is 1. The molecule has 1 rings (SSSR count). The van der Waals surface area contributed by atoms with Crippen LogP contribution in [-0.4, -0.2) is 25.7 Å². The van der Waals surface area contributed by atoms with Crippen LogP contribution >= 0.6 is 0 Å². The van der Waals surface area contributed by atoms with Crippen molar-refractivity contribution in [1.29, 1.82) is 0 Å². The van der Waals surface area contributed by atoms with E-state index in [0.717, 1.165) is 25.9 Å². The molecule has 1 aliphatic heterocycles. The van der Waals surface area contributed by atoms with Gasteiger partial charge < -0.3 is 10.1 Å². The fourth-order valence-electron chi connectivity index (χ4n) is 1.46. The normalized spacial score (nSPS) is 23.2. The van der Waals surface area contributed by atoms with Gasteiger partial charge in [0.1, 0.15) is 0 Å². The maximum atomic E-state index is 11.6. The summed E-state index contributed by atoms with van der Waals surface area (Å²) in [4.78, 5) is 11.6. The smallest absolute Gasteiger partial charge is 0.310 e. The van der Waals surface area contributed by atoms with Gasteiger partial charge in [0.2, 0.25) is 0 Å². The number of rotatable bonds is 2. The van der Waals surface area contributed by atoms with Crippen LogP contribution in [0.25, 0.3) is 0 Å². The molecule has 1 atom stereocenters. The van der Waals surface area contributed by atoms with E-state index in [4.69, 9.17) is 4.74 Å². The van der Waals surface area contributed by atoms with Crippen molar-refractivity contribution in [2.45, 2.75) is 33.6 Å². The lowest BCUT2D eigenvalue weighted by Gasteiger charge is -2.24. The minimum absolute atomic E-state index is 0.0351. The second kappa shape index (κ2) is 4.78. The molecule has 0 radical (unpaired) electrons. The molecule has 1 N–H and O–H groups in total. The molecule has 0 aromatic heterocycles. The minimum Gasteiger partial charge on any atom is -0.465 e. The highest BCUT2D eigenvalue weighted by molar-refractivity contribution is 5.72. The zero-order valence-corrected chi connectivity index (χ0v) is 9.43. The first-order valence-electron chi connectivity index (χ1n) is 5.36. The van der Waals surface area contributed by atoms with Crippen molar-refractivity contribution in [3.05, 3.63) is 0 Å². The van der Waals surface area contributed by atoms with E-state index in [0.29, 0.717) is 6.61 Å². The molecule has 1 fully saturated rings. The molecule has 0 amide bonds. The van der Waals surface area contributed by atoms with Crippen LogP contribution in [0.4, 0.5) is 0 Å². The summed E-state index contributed by atoms with van der Waals surface area (Å²) >= 11 is 0. The van der Waals surface area contributed by atoms with Crippen molar-refractivity contribution in [3.8, 4) is 0 Å². The Morgan fingerprint density at radius 3 is 2.71 bits per heavy atom. The Balaban J connectivity index is 2.27. The molecule has 1 heterocycles. The summed E-state index contributed by atoms with van der Waals surface area (Å²) in [6, 6.07) is 0. The fraction of sp³-hybridized carbons (Fsp3) is 0.909. The topological polar surface area (TPSA) is 38.3 Å². The third-order valence-corrected chi connectivity index (χ3v) is 2.28. The Morgan fingerprint density at radius 1 is 1.50 bits per heavy atom. The molecule has 3 heteroatoms. The van der Waals surface area contributed by atoms with E-state index in [1.165, 1.54) is 0 Å². The lowest BCUT2D eigenvalue weighted by Crippen LogP contribution is -2.36. The van der Waals surface area contributed by atoms with E-state index >= 15 is 0 Å². The molecular weight excluding hydrogens is 178 g/mol. The van der Waals surface area contributed by atoms with Gasteiger partial charge in [0.25, 0.3) is 0 Å². The fourth-order valence-corrected chi connectivity index (χ4v) is 1.46. The molecule has 0 aromatic rings. The van der Waals surface area contributed by atoms with Gasteiger partial charge in [0, 0.05) is 6.54 Å². The zero-order chi connectivity index (χ0) is 10.6. The van der Waals surface area contributed by atoms with E-state index in [-0.39, 0.29) is 17.3 Å². The summed E-state index contributed by atoms with van der Waals surface area (Å²) in [5.41, 5.74) is 0.0672. The summed E-state index contributed by atoms with van der Waals surface area (Å²) in [5.74, 6) is 0.0400. The van der Waals surface area contributed by atoms with Crippen LogP contribution in [0.3, 0.4) is 0 Å². The molecule has 0 bridgehead atoms. The quantitative estimate of drug-likeness (QED) is 0.686. The van der Waals surface area contributed by atoms with Crippen molar-refractivity contribution in [2.75, 3.05) is 19.7 Å². The highest BCUT2D eigenvalue weighted by Crippen LogP contribution is 2.16. The summed E-state index contributed by atoms with van der Waals surface area (Å²) in [6.45, 7) is 8.53. The number of hydrogen-bond donors (Lipinski definition) is 1. The number of carbonyl (C=O) groups excluding carboxylic acids is 1. The minimum atomic E-state index is -0.0351. The maximum absolute atomic E-state index is 11.6. The van der Waals surface area contributed by atoms with Gasteiger partial charge in [-0.15, -0.1) is 0 Å². The predicted molar refractivity (Wildman–Crippen MR) is 56.0 cm³/mol. The molecule has 3 nitrogen and oxygen atoms in total. The van der Waals surface area contributed by atoms with Gasteiger partial charge in [-0.1, -0.05) is 20.8 Å². The Morgan fingerprint density at radius 2 is 2.21 bits per heavy atom. The summed E-state index contributed by atoms with van der Waals surface area (Å²) in [7, 11) is 0. The average molecular weight is 199 g/mol. The van der Waals surface area contributed by atoms with Crippen LogP contribution in [0.1, 0.15) is 33.6 Å². The first-order chi connectivity index (χ1) is 6.49. The monoisotopic (exact) mass is 199 g/mol. The van der Waals surface area contributed by atoms with Crippen molar-refractivity contribution < 1.29 is 9.53 Å². The number of nitrogens with one attached hydrogen (secondary N) is 1. The lowest BCUT2D eigenvalue weighted by molar-refractivity contribution is -0.151. The number of hydrogen-bond acceptors (Lipinski definition) is 3. The average Bonchev–Trinajstić information content (AvgIpc) is 2.14. The highest BCUT2D eigenvalue weighted by atomic mass is 16.5. The van der Waals surface area contributed by atoms with Gasteiger partial charge in [-0.3, -0.25) is 4.79 Å². The van der Waals surface area contributed by atoms with Gasteiger partial charge in [-0.2, -0.15) is 0 Å². The molecule has 0 aromatic carbocycles. The van der Waals surface area contributed by atoms with Crippen LogP contribution in [-0.2, 0) is 9.53 Å². The molecule has 0 saturated carbocycles. The largest absolute Gasteiger partial charge is 0.465 e. The third kappa shape index (κ3) is 4.09. The van der Waals surface area contributed by atoms with Crippen molar-refractivity contribution >= 4 is 5.97 Å². The van der Waals surface area contributed by atoms with E-state index in [1.54, 1.807) is 0 Å².